The maximum Gasteiger partial charge on any atom is 0.410 e. The number of aryl methyl sites for hydroxylation is 1. The molecule has 3 heterocycles. The molecule has 0 bridgehead atoms. The van der Waals surface area contributed by atoms with Crippen molar-refractivity contribution in [2.24, 2.45) is 12.0 Å². The first kappa shape index (κ1) is 23.8. The summed E-state index contributed by atoms with van der Waals surface area (Å²) in [6.45, 7) is 11.7. The van der Waals surface area contributed by atoms with E-state index in [9.17, 15) is 9.59 Å². The van der Waals surface area contributed by atoms with Crippen LogP contribution in [-0.4, -0.2) is 114 Å². The van der Waals surface area contributed by atoms with Gasteiger partial charge in [-0.15, -0.1) is 0 Å². The van der Waals surface area contributed by atoms with Crippen LogP contribution < -0.4 is 10.2 Å². The van der Waals surface area contributed by atoms with Crippen LogP contribution in [0.1, 0.15) is 20.8 Å². The molecule has 11 heteroatoms. The van der Waals surface area contributed by atoms with E-state index in [0.717, 1.165) is 37.8 Å². The molecule has 1 N–H and O–H groups in total. The molecule has 0 atom stereocenters. The van der Waals surface area contributed by atoms with E-state index in [0.29, 0.717) is 26.2 Å². The number of amides is 2. The lowest BCUT2D eigenvalue weighted by atomic mass is 10.2. The van der Waals surface area contributed by atoms with Gasteiger partial charge < -0.3 is 24.8 Å². The number of guanidine groups is 1. The van der Waals surface area contributed by atoms with Crippen molar-refractivity contribution in [1.82, 2.24) is 29.8 Å². The van der Waals surface area contributed by atoms with Crippen LogP contribution in [0.3, 0.4) is 0 Å². The molecule has 2 amide bonds. The van der Waals surface area contributed by atoms with Crippen LogP contribution in [0.15, 0.2) is 17.4 Å². The fourth-order valence-electron chi connectivity index (χ4n) is 3.81. The van der Waals surface area contributed by atoms with Gasteiger partial charge in [-0.25, -0.2) is 4.79 Å². The van der Waals surface area contributed by atoms with Crippen LogP contribution >= 0.6 is 0 Å². The monoisotopic (exact) mass is 448 g/mol. The van der Waals surface area contributed by atoms with Crippen molar-refractivity contribution in [3.63, 3.8) is 0 Å². The number of piperazine rings is 2. The van der Waals surface area contributed by atoms with Gasteiger partial charge in [0.05, 0.1) is 11.9 Å². The summed E-state index contributed by atoms with van der Waals surface area (Å²) in [5.41, 5.74) is 0.351. The van der Waals surface area contributed by atoms with Crippen molar-refractivity contribution < 1.29 is 14.3 Å². The summed E-state index contributed by atoms with van der Waals surface area (Å²) < 4.78 is 7.15. The molecule has 0 radical (unpaired) electrons. The number of rotatable bonds is 4. The Hall–Kier alpha value is -2.82. The first-order valence-electron chi connectivity index (χ1n) is 11.1. The summed E-state index contributed by atoms with van der Waals surface area (Å²) in [6, 6.07) is 0. The van der Waals surface area contributed by atoms with Gasteiger partial charge in [0, 0.05) is 72.7 Å². The molecular formula is C21H36N8O3. The van der Waals surface area contributed by atoms with Crippen molar-refractivity contribution in [3.8, 4) is 0 Å². The number of ether oxygens (including phenoxy) is 1. The van der Waals surface area contributed by atoms with Gasteiger partial charge in [-0.2, -0.15) is 5.10 Å². The average molecular weight is 449 g/mol. The van der Waals surface area contributed by atoms with Gasteiger partial charge in [-0.05, 0) is 20.8 Å². The Bertz CT molecular complexity index is 823. The summed E-state index contributed by atoms with van der Waals surface area (Å²) in [6.07, 6.45) is 3.32. The maximum atomic E-state index is 12.6. The Balaban J connectivity index is 1.39. The molecule has 0 unspecified atom stereocenters. The van der Waals surface area contributed by atoms with Crippen LogP contribution in [0.25, 0.3) is 0 Å². The molecule has 0 saturated carbocycles. The Morgan fingerprint density at radius 3 is 2.41 bits per heavy atom. The zero-order chi connectivity index (χ0) is 23.3. The van der Waals surface area contributed by atoms with Crippen molar-refractivity contribution in [1.29, 1.82) is 0 Å². The smallest absolute Gasteiger partial charge is 0.410 e. The van der Waals surface area contributed by atoms with Crippen LogP contribution in [0.2, 0.25) is 0 Å². The van der Waals surface area contributed by atoms with Crippen molar-refractivity contribution in [3.05, 3.63) is 12.4 Å². The summed E-state index contributed by atoms with van der Waals surface area (Å²) in [7, 11) is 3.58. The maximum absolute atomic E-state index is 12.6. The van der Waals surface area contributed by atoms with E-state index in [4.69, 9.17) is 4.74 Å². The average Bonchev–Trinajstić information content (AvgIpc) is 3.16. The summed E-state index contributed by atoms with van der Waals surface area (Å²) in [5, 5.41) is 7.52. The first-order valence-corrected chi connectivity index (χ1v) is 11.1. The largest absolute Gasteiger partial charge is 0.444 e. The minimum Gasteiger partial charge on any atom is -0.444 e. The molecule has 3 rings (SSSR count). The number of aromatic nitrogens is 2. The molecule has 0 spiro atoms. The number of nitrogens with one attached hydrogen (secondary N) is 1. The summed E-state index contributed by atoms with van der Waals surface area (Å²) in [4.78, 5) is 37.0. The lowest BCUT2D eigenvalue weighted by molar-refractivity contribution is -0.120. The molecule has 0 aromatic carbocycles. The number of carbonyl (C=O) groups excluding carboxylic acids is 2. The van der Waals surface area contributed by atoms with E-state index in [1.165, 1.54) is 0 Å². The van der Waals surface area contributed by atoms with Gasteiger partial charge in [0.1, 0.15) is 12.1 Å². The molecule has 1 aromatic heterocycles. The van der Waals surface area contributed by atoms with Crippen LogP contribution in [-0.2, 0) is 16.6 Å². The standard InChI is InChI=1S/C21H36N8O3/c1-21(2,3)32-20(31)27-10-8-26(9-11-27)7-6-23-19(22-4)28-12-13-29(18(30)16-28)17-14-24-25(5)15-17/h14-15H,6-13,16H2,1-5H3,(H,22,23). The highest BCUT2D eigenvalue weighted by Crippen LogP contribution is 2.16. The Kier molecular flexibility index (Phi) is 7.60. The molecule has 2 fully saturated rings. The second-order valence-electron chi connectivity index (χ2n) is 9.12. The third-order valence-electron chi connectivity index (χ3n) is 5.47. The molecule has 2 aliphatic heterocycles. The highest BCUT2D eigenvalue weighted by molar-refractivity contribution is 5.98. The molecule has 0 aliphatic carbocycles. The second-order valence-corrected chi connectivity index (χ2v) is 9.12. The number of nitrogens with zero attached hydrogens (tertiary/aromatic N) is 7. The lowest BCUT2D eigenvalue weighted by Crippen LogP contribution is -2.56. The number of aliphatic imine (C=N–C) groups is 1. The molecule has 2 saturated heterocycles. The number of hydrogen-bond donors (Lipinski definition) is 1. The molecule has 32 heavy (non-hydrogen) atoms. The topological polar surface area (TPSA) is 98.5 Å². The first-order chi connectivity index (χ1) is 15.2. The number of hydrogen-bond acceptors (Lipinski definition) is 6. The highest BCUT2D eigenvalue weighted by atomic mass is 16.6. The molecule has 2 aliphatic rings. The van der Waals surface area contributed by atoms with Gasteiger partial charge in [0.2, 0.25) is 5.91 Å². The molecular weight excluding hydrogens is 412 g/mol. The third-order valence-corrected chi connectivity index (χ3v) is 5.47. The fraction of sp³-hybridized carbons (Fsp3) is 0.714. The normalized spacial score (nSPS) is 18.8. The quantitative estimate of drug-likeness (QED) is 0.519. The van der Waals surface area contributed by atoms with Gasteiger partial charge in [-0.1, -0.05) is 0 Å². The van der Waals surface area contributed by atoms with E-state index in [1.807, 2.05) is 38.9 Å². The minimum absolute atomic E-state index is 0.0328. The SMILES string of the molecule is CN=C(NCCN1CCN(C(=O)OC(C)(C)C)CC1)N1CCN(c2cnn(C)c2)C(=O)C1. The van der Waals surface area contributed by atoms with Crippen molar-refractivity contribution in [2.75, 3.05) is 70.9 Å². The Labute approximate surface area is 190 Å². The van der Waals surface area contributed by atoms with E-state index in [2.05, 4.69) is 20.3 Å². The zero-order valence-corrected chi connectivity index (χ0v) is 19.9. The predicted molar refractivity (Wildman–Crippen MR) is 123 cm³/mol. The van der Waals surface area contributed by atoms with Gasteiger partial charge in [0.15, 0.2) is 5.96 Å². The Morgan fingerprint density at radius 1 is 1.16 bits per heavy atom. The van der Waals surface area contributed by atoms with E-state index in [-0.39, 0.29) is 18.5 Å². The second kappa shape index (κ2) is 10.2. The number of carbonyl (C=O) groups is 2. The van der Waals surface area contributed by atoms with Gasteiger partial charge in [0.25, 0.3) is 0 Å². The van der Waals surface area contributed by atoms with Gasteiger partial charge >= 0.3 is 6.09 Å². The van der Waals surface area contributed by atoms with Crippen LogP contribution in [0, 0.1) is 0 Å². The zero-order valence-electron chi connectivity index (χ0n) is 19.9. The van der Waals surface area contributed by atoms with E-state index in [1.54, 1.807) is 27.7 Å². The Morgan fingerprint density at radius 2 is 1.84 bits per heavy atom. The molecule has 11 nitrogen and oxygen atoms in total. The summed E-state index contributed by atoms with van der Waals surface area (Å²) in [5.74, 6) is 0.766. The van der Waals surface area contributed by atoms with Crippen LogP contribution in [0.4, 0.5) is 10.5 Å². The third kappa shape index (κ3) is 6.35. The predicted octanol–water partition coefficient (Wildman–Crippen LogP) is 0.197. The van der Waals surface area contributed by atoms with E-state index < -0.39 is 5.60 Å². The number of anilines is 1. The fourth-order valence-corrected chi connectivity index (χ4v) is 3.81. The molecule has 178 valence electrons. The summed E-state index contributed by atoms with van der Waals surface area (Å²) >= 11 is 0. The highest BCUT2D eigenvalue weighted by Gasteiger charge is 2.28. The van der Waals surface area contributed by atoms with Gasteiger partial charge in [-0.3, -0.25) is 19.4 Å². The van der Waals surface area contributed by atoms with Crippen molar-refractivity contribution in [2.45, 2.75) is 26.4 Å². The minimum atomic E-state index is -0.473. The van der Waals surface area contributed by atoms with E-state index >= 15 is 0 Å². The molecule has 1 aromatic rings. The van der Waals surface area contributed by atoms with Crippen molar-refractivity contribution >= 4 is 23.6 Å². The van der Waals surface area contributed by atoms with Crippen LogP contribution in [0.5, 0.6) is 0 Å². The lowest BCUT2D eigenvalue weighted by Gasteiger charge is -2.37.